The van der Waals surface area contributed by atoms with Crippen molar-refractivity contribution in [3.63, 3.8) is 0 Å². The van der Waals surface area contributed by atoms with Crippen molar-refractivity contribution >= 4 is 45.2 Å². The zero-order valence-corrected chi connectivity index (χ0v) is 19.5. The van der Waals surface area contributed by atoms with E-state index >= 15 is 0 Å². The topological polar surface area (TPSA) is 60.7 Å². The summed E-state index contributed by atoms with van der Waals surface area (Å²) in [5.41, 5.74) is 3.20. The lowest BCUT2D eigenvalue weighted by Crippen LogP contribution is -2.18. The standard InChI is InChI=1S/C23H26N2O3S2/c1-23(2,3)17-9-6-15(7-10-17)20(26)24-22-25(12-13-29-5)18-11-8-16(21(27)28-4)14-19(18)30-22/h6-11,14H,12-13H2,1-5H3. The van der Waals surface area contributed by atoms with E-state index in [0.717, 1.165) is 22.5 Å². The van der Waals surface area contributed by atoms with Crippen LogP contribution >= 0.6 is 23.1 Å². The Kier molecular flexibility index (Phi) is 6.83. The molecule has 0 atom stereocenters. The van der Waals surface area contributed by atoms with Gasteiger partial charge >= 0.3 is 5.97 Å². The van der Waals surface area contributed by atoms with E-state index in [0.29, 0.717) is 15.9 Å². The minimum Gasteiger partial charge on any atom is -0.465 e. The van der Waals surface area contributed by atoms with Gasteiger partial charge in [0.05, 0.1) is 22.9 Å². The zero-order chi connectivity index (χ0) is 21.9. The Morgan fingerprint density at radius 3 is 2.37 bits per heavy atom. The molecule has 0 aliphatic rings. The summed E-state index contributed by atoms with van der Waals surface area (Å²) in [5, 5.41) is 0. The largest absolute Gasteiger partial charge is 0.465 e. The van der Waals surface area contributed by atoms with Gasteiger partial charge in [0.25, 0.3) is 5.91 Å². The molecule has 0 fully saturated rings. The number of ether oxygens (including phenoxy) is 1. The van der Waals surface area contributed by atoms with Crippen LogP contribution in [0.15, 0.2) is 47.5 Å². The molecular weight excluding hydrogens is 416 g/mol. The monoisotopic (exact) mass is 442 g/mol. The smallest absolute Gasteiger partial charge is 0.337 e. The zero-order valence-electron chi connectivity index (χ0n) is 17.9. The molecule has 3 rings (SSSR count). The fraction of sp³-hybridized carbons (Fsp3) is 0.348. The molecule has 3 aromatic rings. The SMILES string of the molecule is COC(=O)c1ccc2c(c1)sc(=NC(=O)c1ccc(C(C)(C)C)cc1)n2CCSC. The number of nitrogens with zero attached hydrogens (tertiary/aromatic N) is 2. The normalized spacial score (nSPS) is 12.4. The molecule has 2 aromatic carbocycles. The van der Waals surface area contributed by atoms with Crippen LogP contribution in [0, 0.1) is 0 Å². The van der Waals surface area contributed by atoms with E-state index in [4.69, 9.17) is 4.74 Å². The number of esters is 1. The molecule has 1 amide bonds. The van der Waals surface area contributed by atoms with Crippen LogP contribution in [-0.4, -0.2) is 35.6 Å². The second kappa shape index (κ2) is 9.18. The molecule has 7 heteroatoms. The molecule has 1 aromatic heterocycles. The van der Waals surface area contributed by atoms with E-state index in [1.807, 2.05) is 41.2 Å². The van der Waals surface area contributed by atoms with Crippen molar-refractivity contribution in [2.24, 2.45) is 4.99 Å². The van der Waals surface area contributed by atoms with Crippen molar-refractivity contribution in [1.29, 1.82) is 0 Å². The first-order valence-electron chi connectivity index (χ1n) is 9.65. The van der Waals surface area contributed by atoms with Crippen LogP contribution in [0.2, 0.25) is 0 Å². The highest BCUT2D eigenvalue weighted by atomic mass is 32.2. The lowest BCUT2D eigenvalue weighted by molar-refractivity contribution is 0.0601. The Labute approximate surface area is 184 Å². The first-order valence-corrected chi connectivity index (χ1v) is 11.9. The van der Waals surface area contributed by atoms with E-state index in [1.165, 1.54) is 24.0 Å². The summed E-state index contributed by atoms with van der Waals surface area (Å²) in [6.07, 6.45) is 2.04. The number of methoxy groups -OCH3 is 1. The van der Waals surface area contributed by atoms with Crippen molar-refractivity contribution < 1.29 is 14.3 Å². The molecule has 0 N–H and O–H groups in total. The highest BCUT2D eigenvalue weighted by Gasteiger charge is 2.15. The summed E-state index contributed by atoms with van der Waals surface area (Å²) in [7, 11) is 1.37. The van der Waals surface area contributed by atoms with Crippen LogP contribution in [-0.2, 0) is 16.7 Å². The molecule has 0 aliphatic carbocycles. The molecular formula is C23H26N2O3S2. The average Bonchev–Trinajstić information content (AvgIpc) is 3.07. The number of thiazole rings is 1. The number of amides is 1. The number of fused-ring (bicyclic) bond motifs is 1. The molecule has 0 saturated heterocycles. The van der Waals surface area contributed by atoms with Gasteiger partial charge in [0.2, 0.25) is 0 Å². The summed E-state index contributed by atoms with van der Waals surface area (Å²) < 4.78 is 7.76. The Bertz CT molecular complexity index is 1140. The van der Waals surface area contributed by atoms with E-state index in [1.54, 1.807) is 23.9 Å². The molecule has 30 heavy (non-hydrogen) atoms. The molecule has 0 unspecified atom stereocenters. The maximum absolute atomic E-state index is 12.8. The van der Waals surface area contributed by atoms with Gasteiger partial charge in [-0.2, -0.15) is 16.8 Å². The summed E-state index contributed by atoms with van der Waals surface area (Å²) >= 11 is 3.14. The van der Waals surface area contributed by atoms with E-state index < -0.39 is 0 Å². The van der Waals surface area contributed by atoms with Crippen LogP contribution in [0.4, 0.5) is 0 Å². The Morgan fingerprint density at radius 2 is 1.77 bits per heavy atom. The van der Waals surface area contributed by atoms with Crippen LogP contribution < -0.4 is 4.80 Å². The molecule has 0 saturated carbocycles. The number of aryl methyl sites for hydroxylation is 1. The number of hydrogen-bond acceptors (Lipinski definition) is 5. The fourth-order valence-electron chi connectivity index (χ4n) is 3.07. The average molecular weight is 443 g/mol. The maximum atomic E-state index is 12.8. The first kappa shape index (κ1) is 22.3. The fourth-order valence-corrected chi connectivity index (χ4v) is 4.53. The van der Waals surface area contributed by atoms with E-state index in [2.05, 4.69) is 25.8 Å². The molecule has 0 bridgehead atoms. The van der Waals surface area contributed by atoms with Crippen LogP contribution in [0.25, 0.3) is 10.2 Å². The third-order valence-electron chi connectivity index (χ3n) is 4.82. The van der Waals surface area contributed by atoms with Gasteiger partial charge in [-0.25, -0.2) is 4.79 Å². The predicted molar refractivity (Wildman–Crippen MR) is 125 cm³/mol. The van der Waals surface area contributed by atoms with Gasteiger partial charge in [-0.15, -0.1) is 0 Å². The Hall–Kier alpha value is -2.38. The van der Waals surface area contributed by atoms with Gasteiger partial charge in [0.1, 0.15) is 0 Å². The van der Waals surface area contributed by atoms with E-state index in [-0.39, 0.29) is 17.3 Å². The van der Waals surface area contributed by atoms with Crippen molar-refractivity contribution in [2.45, 2.75) is 32.7 Å². The van der Waals surface area contributed by atoms with Crippen molar-refractivity contribution in [3.05, 3.63) is 64.0 Å². The predicted octanol–water partition coefficient (Wildman–Crippen LogP) is 4.89. The van der Waals surface area contributed by atoms with Gasteiger partial charge in [0.15, 0.2) is 4.80 Å². The third-order valence-corrected chi connectivity index (χ3v) is 6.45. The lowest BCUT2D eigenvalue weighted by atomic mass is 9.87. The van der Waals surface area contributed by atoms with Gasteiger partial charge in [0, 0.05) is 17.9 Å². The van der Waals surface area contributed by atoms with Crippen LogP contribution in [0.5, 0.6) is 0 Å². The van der Waals surface area contributed by atoms with Crippen LogP contribution in [0.1, 0.15) is 47.1 Å². The number of carbonyl (C=O) groups excluding carboxylic acids is 2. The van der Waals surface area contributed by atoms with Crippen LogP contribution in [0.3, 0.4) is 0 Å². The molecule has 158 valence electrons. The van der Waals surface area contributed by atoms with Gasteiger partial charge in [-0.3, -0.25) is 4.79 Å². The summed E-state index contributed by atoms with van der Waals surface area (Å²) in [6, 6.07) is 13.1. The number of rotatable bonds is 5. The quantitative estimate of drug-likeness (QED) is 0.528. The minimum atomic E-state index is -0.380. The molecule has 0 aliphatic heterocycles. The third kappa shape index (κ3) is 4.84. The Balaban J connectivity index is 2.04. The number of carbonyl (C=O) groups is 2. The molecule has 1 heterocycles. The molecule has 5 nitrogen and oxygen atoms in total. The maximum Gasteiger partial charge on any atom is 0.337 e. The Morgan fingerprint density at radius 1 is 1.10 bits per heavy atom. The van der Waals surface area contributed by atoms with Gasteiger partial charge in [-0.1, -0.05) is 44.2 Å². The number of aromatic nitrogens is 1. The van der Waals surface area contributed by atoms with Crippen molar-refractivity contribution in [2.75, 3.05) is 19.1 Å². The molecule has 0 spiro atoms. The lowest BCUT2D eigenvalue weighted by Gasteiger charge is -2.18. The first-order chi connectivity index (χ1) is 14.2. The van der Waals surface area contributed by atoms with Crippen molar-refractivity contribution in [3.8, 4) is 0 Å². The second-order valence-corrected chi connectivity index (χ2v) is 9.94. The van der Waals surface area contributed by atoms with Gasteiger partial charge < -0.3 is 9.30 Å². The number of benzene rings is 2. The van der Waals surface area contributed by atoms with Gasteiger partial charge in [-0.05, 0) is 47.6 Å². The van der Waals surface area contributed by atoms with E-state index in [9.17, 15) is 9.59 Å². The number of hydrogen-bond donors (Lipinski definition) is 0. The highest BCUT2D eigenvalue weighted by molar-refractivity contribution is 7.98. The summed E-state index contributed by atoms with van der Waals surface area (Å²) in [6.45, 7) is 7.15. The molecule has 0 radical (unpaired) electrons. The van der Waals surface area contributed by atoms with Crippen molar-refractivity contribution in [1.82, 2.24) is 4.57 Å². The highest BCUT2D eigenvalue weighted by Crippen LogP contribution is 2.23. The summed E-state index contributed by atoms with van der Waals surface area (Å²) in [5.74, 6) is 0.245. The summed E-state index contributed by atoms with van der Waals surface area (Å²) in [4.78, 5) is 29.8. The second-order valence-electron chi connectivity index (χ2n) is 7.95. The number of thioether (sulfide) groups is 1. The minimum absolute atomic E-state index is 0.0301.